The minimum absolute atomic E-state index is 0.0613. The van der Waals surface area contributed by atoms with Gasteiger partial charge in [0.15, 0.2) is 9.84 Å². The Labute approximate surface area is 119 Å². The van der Waals surface area contributed by atoms with Gasteiger partial charge in [-0.1, -0.05) is 0 Å². The Morgan fingerprint density at radius 1 is 1.40 bits per heavy atom. The lowest BCUT2D eigenvalue weighted by molar-refractivity contribution is 0.185. The van der Waals surface area contributed by atoms with Gasteiger partial charge in [-0.05, 0) is 31.2 Å². The molecule has 0 aromatic heterocycles. The van der Waals surface area contributed by atoms with Gasteiger partial charge >= 0.3 is 0 Å². The molecule has 0 radical (unpaired) electrons. The van der Waals surface area contributed by atoms with Crippen molar-refractivity contribution in [3.8, 4) is 0 Å². The maximum Gasteiger partial charge on any atom is 0.210 e. The summed E-state index contributed by atoms with van der Waals surface area (Å²) < 4.78 is 27.7. The molecule has 0 aliphatic heterocycles. The Morgan fingerprint density at radius 3 is 2.45 bits per heavy atom. The van der Waals surface area contributed by atoms with Gasteiger partial charge in [-0.2, -0.15) is 0 Å². The summed E-state index contributed by atoms with van der Waals surface area (Å²) in [5.41, 5.74) is 3.13. The first-order valence-corrected chi connectivity index (χ1v) is 7.86. The van der Waals surface area contributed by atoms with Crippen molar-refractivity contribution in [1.82, 2.24) is 5.43 Å². The molecule has 0 saturated heterocycles. The predicted molar refractivity (Wildman–Crippen MR) is 79.3 cm³/mol. The fraction of sp³-hybridized carbons (Fsp3) is 0.417. The molecule has 4 N–H and O–H groups in total. The number of benzene rings is 1. The van der Waals surface area contributed by atoms with Crippen molar-refractivity contribution in [3.05, 3.63) is 24.3 Å². The second-order valence-corrected chi connectivity index (χ2v) is 6.36. The molecule has 0 spiro atoms. The lowest BCUT2D eigenvalue weighted by atomic mass is 10.3. The number of sulfone groups is 1. The molecule has 7 nitrogen and oxygen atoms in total. The molecule has 1 aromatic rings. The summed E-state index contributed by atoms with van der Waals surface area (Å²) in [4.78, 5) is 4.54. The number of hydrazine groups is 1. The van der Waals surface area contributed by atoms with E-state index in [-0.39, 0.29) is 10.9 Å². The van der Waals surface area contributed by atoms with E-state index in [4.69, 9.17) is 10.6 Å². The maximum absolute atomic E-state index is 11.3. The highest BCUT2D eigenvalue weighted by Gasteiger charge is 2.07. The first-order valence-electron chi connectivity index (χ1n) is 5.97. The number of guanidine groups is 1. The summed E-state index contributed by atoms with van der Waals surface area (Å²) in [7, 11) is -1.60. The smallest absolute Gasteiger partial charge is 0.210 e. The van der Waals surface area contributed by atoms with E-state index in [1.165, 1.54) is 12.1 Å². The topological polar surface area (TPSA) is 106 Å². The minimum Gasteiger partial charge on any atom is -0.382 e. The van der Waals surface area contributed by atoms with Crippen molar-refractivity contribution < 1.29 is 13.2 Å². The predicted octanol–water partition coefficient (Wildman–Crippen LogP) is 0.356. The third kappa shape index (κ3) is 5.16. The highest BCUT2D eigenvalue weighted by atomic mass is 32.2. The van der Waals surface area contributed by atoms with Gasteiger partial charge in [-0.25, -0.2) is 19.3 Å². The summed E-state index contributed by atoms with van der Waals surface area (Å²) in [5.74, 6) is 5.76. The van der Waals surface area contributed by atoms with Crippen LogP contribution in [0.25, 0.3) is 0 Å². The molecule has 0 saturated carbocycles. The lowest BCUT2D eigenvalue weighted by Gasteiger charge is -2.12. The highest BCUT2D eigenvalue weighted by Crippen LogP contribution is 2.13. The molecule has 8 heteroatoms. The van der Waals surface area contributed by atoms with Crippen molar-refractivity contribution in [3.63, 3.8) is 0 Å². The Balaban J connectivity index is 2.81. The second kappa shape index (κ2) is 7.22. The van der Waals surface area contributed by atoms with Crippen LogP contribution in [0.4, 0.5) is 5.69 Å². The zero-order valence-corrected chi connectivity index (χ0v) is 12.6. The van der Waals surface area contributed by atoms with Crippen molar-refractivity contribution in [2.75, 3.05) is 25.3 Å². The summed E-state index contributed by atoms with van der Waals surface area (Å²) in [5, 5.41) is 2.96. The molecule has 1 aromatic carbocycles. The van der Waals surface area contributed by atoms with Crippen LogP contribution in [0.15, 0.2) is 34.2 Å². The molecule has 0 aliphatic rings. The van der Waals surface area contributed by atoms with Gasteiger partial charge in [-0.15, -0.1) is 0 Å². The summed E-state index contributed by atoms with van der Waals surface area (Å²) in [6.07, 6.45) is 1.16. The fourth-order valence-electron chi connectivity index (χ4n) is 1.53. The van der Waals surface area contributed by atoms with E-state index in [9.17, 15) is 8.42 Å². The number of hydrogen-bond acceptors (Lipinski definition) is 5. The molecule has 112 valence electrons. The fourth-order valence-corrected chi connectivity index (χ4v) is 2.16. The Morgan fingerprint density at radius 2 is 2.00 bits per heavy atom. The number of hydrogen-bond donors (Lipinski definition) is 3. The molecule has 0 heterocycles. The Bertz CT molecular complexity index is 555. The number of methoxy groups -OCH3 is 1. The number of nitrogens with one attached hydrogen (secondary N) is 2. The van der Waals surface area contributed by atoms with Gasteiger partial charge < -0.3 is 10.1 Å². The van der Waals surface area contributed by atoms with Crippen LogP contribution in [0, 0.1) is 0 Å². The third-order valence-corrected chi connectivity index (χ3v) is 3.57. The number of rotatable bonds is 5. The monoisotopic (exact) mass is 300 g/mol. The van der Waals surface area contributed by atoms with Gasteiger partial charge in [0, 0.05) is 19.1 Å². The van der Waals surface area contributed by atoms with Crippen molar-refractivity contribution in [2.24, 2.45) is 10.8 Å². The number of nitrogens with zero attached hydrogens (tertiary/aromatic N) is 1. The van der Waals surface area contributed by atoms with Crippen LogP contribution in [0.5, 0.6) is 0 Å². The molecule has 0 amide bonds. The summed E-state index contributed by atoms with van der Waals surface area (Å²) in [6.45, 7) is 2.36. The SMILES string of the molecule is COCC(C)N=C(NN)Nc1ccc(S(C)(=O)=O)cc1. The van der Waals surface area contributed by atoms with E-state index in [1.807, 2.05) is 6.92 Å². The van der Waals surface area contributed by atoms with E-state index >= 15 is 0 Å². The van der Waals surface area contributed by atoms with Crippen LogP contribution in [-0.4, -0.2) is 40.4 Å². The maximum atomic E-state index is 11.3. The van der Waals surface area contributed by atoms with E-state index in [0.717, 1.165) is 6.26 Å². The highest BCUT2D eigenvalue weighted by molar-refractivity contribution is 7.90. The zero-order valence-electron chi connectivity index (χ0n) is 11.8. The number of ether oxygens (including phenoxy) is 1. The normalized spacial score (nSPS) is 13.9. The van der Waals surface area contributed by atoms with Crippen LogP contribution in [-0.2, 0) is 14.6 Å². The second-order valence-electron chi connectivity index (χ2n) is 4.35. The van der Waals surface area contributed by atoms with Crippen LogP contribution >= 0.6 is 0 Å². The van der Waals surface area contributed by atoms with E-state index in [1.54, 1.807) is 19.2 Å². The third-order valence-electron chi connectivity index (χ3n) is 2.44. The molecular formula is C12H20N4O3S. The van der Waals surface area contributed by atoms with E-state index in [0.29, 0.717) is 18.3 Å². The Hall–Kier alpha value is -1.64. The van der Waals surface area contributed by atoms with Gasteiger partial charge in [-0.3, -0.25) is 5.43 Å². The summed E-state index contributed by atoms with van der Waals surface area (Å²) >= 11 is 0. The molecule has 0 aliphatic carbocycles. The van der Waals surface area contributed by atoms with Gasteiger partial charge in [0.05, 0.1) is 17.5 Å². The first-order chi connectivity index (χ1) is 9.36. The number of nitrogens with two attached hydrogens (primary N) is 1. The van der Waals surface area contributed by atoms with Crippen molar-refractivity contribution >= 4 is 21.5 Å². The zero-order chi connectivity index (χ0) is 15.2. The van der Waals surface area contributed by atoms with Gasteiger partial charge in [0.1, 0.15) is 0 Å². The van der Waals surface area contributed by atoms with Crippen LogP contribution in [0.1, 0.15) is 6.92 Å². The van der Waals surface area contributed by atoms with Gasteiger partial charge in [0.2, 0.25) is 5.96 Å². The quantitative estimate of drug-likeness (QED) is 0.314. The summed E-state index contributed by atoms with van der Waals surface area (Å²) in [6, 6.07) is 6.26. The number of aliphatic imine (C=N–C) groups is 1. The average molecular weight is 300 g/mol. The van der Waals surface area contributed by atoms with E-state index < -0.39 is 9.84 Å². The van der Waals surface area contributed by atoms with Crippen LogP contribution in [0.2, 0.25) is 0 Å². The molecule has 0 bridgehead atoms. The molecule has 1 atom stereocenters. The molecule has 1 unspecified atom stereocenters. The van der Waals surface area contributed by atoms with Crippen molar-refractivity contribution in [2.45, 2.75) is 17.9 Å². The lowest BCUT2D eigenvalue weighted by Crippen LogP contribution is -2.37. The molecule has 1 rings (SSSR count). The standard InChI is InChI=1S/C12H20N4O3S/c1-9(8-19-2)14-12(16-13)15-10-4-6-11(7-5-10)20(3,17)18/h4-7,9H,8,13H2,1-3H3,(H2,14,15,16). The molecular weight excluding hydrogens is 280 g/mol. The first kappa shape index (κ1) is 16.4. The molecule has 20 heavy (non-hydrogen) atoms. The minimum atomic E-state index is -3.19. The van der Waals surface area contributed by atoms with Gasteiger partial charge in [0.25, 0.3) is 0 Å². The van der Waals surface area contributed by atoms with Crippen LogP contribution in [0.3, 0.4) is 0 Å². The average Bonchev–Trinajstić information content (AvgIpc) is 2.37. The Kier molecular flexibility index (Phi) is 5.93. The van der Waals surface area contributed by atoms with Crippen LogP contribution < -0.4 is 16.6 Å². The molecule has 0 fully saturated rings. The van der Waals surface area contributed by atoms with E-state index in [2.05, 4.69) is 15.7 Å². The largest absolute Gasteiger partial charge is 0.382 e. The van der Waals surface area contributed by atoms with Crippen molar-refractivity contribution in [1.29, 1.82) is 0 Å². The number of anilines is 1.